The third kappa shape index (κ3) is 2.74. The summed E-state index contributed by atoms with van der Waals surface area (Å²) in [7, 11) is 3.18. The molecule has 3 rings (SSSR count). The Labute approximate surface area is 128 Å². The van der Waals surface area contributed by atoms with Crippen molar-refractivity contribution in [2.24, 2.45) is 0 Å². The van der Waals surface area contributed by atoms with Gasteiger partial charge in [0.1, 0.15) is 0 Å². The van der Waals surface area contributed by atoms with E-state index < -0.39 is 0 Å². The van der Waals surface area contributed by atoms with Gasteiger partial charge in [0.15, 0.2) is 11.5 Å². The summed E-state index contributed by atoms with van der Waals surface area (Å²) < 4.78 is 12.2. The van der Waals surface area contributed by atoms with Crippen molar-refractivity contribution in [2.75, 3.05) is 27.3 Å². The van der Waals surface area contributed by atoms with Crippen LogP contribution in [0.15, 0.2) is 30.6 Å². The van der Waals surface area contributed by atoms with Gasteiger partial charge < -0.3 is 14.4 Å². The molecule has 0 atom stereocenters. The van der Waals surface area contributed by atoms with Crippen molar-refractivity contribution in [3.63, 3.8) is 0 Å². The summed E-state index contributed by atoms with van der Waals surface area (Å²) in [6.45, 7) is 1.35. The Bertz CT molecular complexity index is 651. The van der Waals surface area contributed by atoms with E-state index in [1.807, 2.05) is 29.3 Å². The predicted octanol–water partition coefficient (Wildman–Crippen LogP) is 0.921. The SMILES string of the molecule is COc1ccc(CC(=O)N2CC(n3ccnn3)C2)cc1OC. The fourth-order valence-electron chi connectivity index (χ4n) is 2.52. The van der Waals surface area contributed by atoms with Crippen LogP contribution < -0.4 is 9.47 Å². The molecule has 1 aromatic carbocycles. The second-order valence-electron chi connectivity index (χ2n) is 5.20. The van der Waals surface area contributed by atoms with Crippen molar-refractivity contribution in [1.29, 1.82) is 0 Å². The minimum absolute atomic E-state index is 0.101. The smallest absolute Gasteiger partial charge is 0.227 e. The lowest BCUT2D eigenvalue weighted by Gasteiger charge is -2.39. The molecule has 1 aromatic heterocycles. The number of nitrogens with zero attached hydrogens (tertiary/aromatic N) is 4. The lowest BCUT2D eigenvalue weighted by molar-refractivity contribution is -0.136. The molecule has 0 aliphatic carbocycles. The monoisotopic (exact) mass is 302 g/mol. The summed E-state index contributed by atoms with van der Waals surface area (Å²) >= 11 is 0. The minimum atomic E-state index is 0.101. The molecule has 2 aromatic rings. The molecular formula is C15H18N4O3. The zero-order valence-electron chi connectivity index (χ0n) is 12.6. The molecule has 0 N–H and O–H groups in total. The first-order valence-corrected chi connectivity index (χ1v) is 7.05. The fourth-order valence-corrected chi connectivity index (χ4v) is 2.52. The lowest BCUT2D eigenvalue weighted by atomic mass is 10.1. The number of likely N-dealkylation sites (tertiary alicyclic amines) is 1. The van der Waals surface area contributed by atoms with Crippen LogP contribution in [-0.4, -0.2) is 53.1 Å². The zero-order valence-corrected chi connectivity index (χ0v) is 12.6. The number of amides is 1. The average molecular weight is 302 g/mol. The Hall–Kier alpha value is -2.57. The first kappa shape index (κ1) is 14.4. The molecule has 0 saturated carbocycles. The van der Waals surface area contributed by atoms with E-state index in [2.05, 4.69) is 10.3 Å². The molecule has 0 radical (unpaired) electrons. The van der Waals surface area contributed by atoms with Crippen LogP contribution in [-0.2, 0) is 11.2 Å². The van der Waals surface area contributed by atoms with Gasteiger partial charge in [0.05, 0.1) is 32.9 Å². The summed E-state index contributed by atoms with van der Waals surface area (Å²) in [5.41, 5.74) is 0.909. The van der Waals surface area contributed by atoms with E-state index in [4.69, 9.17) is 9.47 Å². The van der Waals surface area contributed by atoms with Crippen LogP contribution in [0.5, 0.6) is 11.5 Å². The molecule has 7 nitrogen and oxygen atoms in total. The Morgan fingerprint density at radius 2 is 2.05 bits per heavy atom. The molecule has 0 unspecified atom stereocenters. The Balaban J connectivity index is 1.59. The van der Waals surface area contributed by atoms with Crippen molar-refractivity contribution in [2.45, 2.75) is 12.5 Å². The van der Waals surface area contributed by atoms with Crippen LogP contribution in [0.4, 0.5) is 0 Å². The molecule has 7 heteroatoms. The Morgan fingerprint density at radius 1 is 1.27 bits per heavy atom. The highest BCUT2D eigenvalue weighted by molar-refractivity contribution is 5.79. The predicted molar refractivity (Wildman–Crippen MR) is 78.9 cm³/mol. The van der Waals surface area contributed by atoms with Crippen molar-refractivity contribution in [1.82, 2.24) is 19.9 Å². The van der Waals surface area contributed by atoms with E-state index in [-0.39, 0.29) is 11.9 Å². The standard InChI is InChI=1S/C15H18N4O3/c1-21-13-4-3-11(7-14(13)22-2)8-15(20)18-9-12(10-18)19-6-5-16-17-19/h3-7,12H,8-10H2,1-2H3. The summed E-state index contributed by atoms with van der Waals surface area (Å²) in [6, 6.07) is 5.77. The van der Waals surface area contributed by atoms with Crippen LogP contribution in [0.3, 0.4) is 0 Å². The van der Waals surface area contributed by atoms with E-state index in [0.29, 0.717) is 31.0 Å². The maximum absolute atomic E-state index is 12.3. The number of hydrogen-bond donors (Lipinski definition) is 0. The molecule has 1 fully saturated rings. The summed E-state index contributed by atoms with van der Waals surface area (Å²) in [5, 5.41) is 7.74. The number of carbonyl (C=O) groups is 1. The van der Waals surface area contributed by atoms with Gasteiger partial charge in [0.25, 0.3) is 0 Å². The largest absolute Gasteiger partial charge is 0.493 e. The highest BCUT2D eigenvalue weighted by atomic mass is 16.5. The molecule has 116 valence electrons. The number of methoxy groups -OCH3 is 2. The minimum Gasteiger partial charge on any atom is -0.493 e. The van der Waals surface area contributed by atoms with Crippen LogP contribution in [0.2, 0.25) is 0 Å². The first-order valence-electron chi connectivity index (χ1n) is 7.05. The van der Waals surface area contributed by atoms with E-state index >= 15 is 0 Å². The molecule has 0 bridgehead atoms. The van der Waals surface area contributed by atoms with E-state index in [9.17, 15) is 4.79 Å². The molecule has 2 heterocycles. The second-order valence-corrected chi connectivity index (χ2v) is 5.20. The number of ether oxygens (including phenoxy) is 2. The molecule has 22 heavy (non-hydrogen) atoms. The van der Waals surface area contributed by atoms with Crippen molar-refractivity contribution < 1.29 is 14.3 Å². The van der Waals surface area contributed by atoms with Crippen LogP contribution in [0, 0.1) is 0 Å². The van der Waals surface area contributed by atoms with Crippen LogP contribution >= 0.6 is 0 Å². The molecule has 0 spiro atoms. The molecule has 1 aliphatic heterocycles. The van der Waals surface area contributed by atoms with Gasteiger partial charge in [-0.15, -0.1) is 5.10 Å². The van der Waals surface area contributed by atoms with E-state index in [0.717, 1.165) is 5.56 Å². The highest BCUT2D eigenvalue weighted by Crippen LogP contribution is 2.28. The summed E-state index contributed by atoms with van der Waals surface area (Å²) in [6.07, 6.45) is 3.82. The Kier molecular flexibility index (Phi) is 3.95. The van der Waals surface area contributed by atoms with Gasteiger partial charge in [0.2, 0.25) is 5.91 Å². The van der Waals surface area contributed by atoms with Crippen molar-refractivity contribution >= 4 is 5.91 Å². The number of hydrogen-bond acceptors (Lipinski definition) is 5. The number of carbonyl (C=O) groups excluding carboxylic acids is 1. The maximum atomic E-state index is 12.3. The van der Waals surface area contributed by atoms with Gasteiger partial charge in [-0.05, 0) is 17.7 Å². The van der Waals surface area contributed by atoms with Gasteiger partial charge in [-0.25, -0.2) is 4.68 Å². The fraction of sp³-hybridized carbons (Fsp3) is 0.400. The van der Waals surface area contributed by atoms with E-state index in [1.165, 1.54) is 0 Å². The van der Waals surface area contributed by atoms with Gasteiger partial charge in [0, 0.05) is 19.3 Å². The Morgan fingerprint density at radius 3 is 2.68 bits per heavy atom. The van der Waals surface area contributed by atoms with Crippen LogP contribution in [0.25, 0.3) is 0 Å². The van der Waals surface area contributed by atoms with Gasteiger partial charge in [-0.2, -0.15) is 0 Å². The number of aromatic nitrogens is 3. The normalized spacial score (nSPS) is 14.5. The van der Waals surface area contributed by atoms with Crippen molar-refractivity contribution in [3.05, 3.63) is 36.2 Å². The topological polar surface area (TPSA) is 69.5 Å². The molecule has 1 saturated heterocycles. The van der Waals surface area contributed by atoms with Gasteiger partial charge in [-0.1, -0.05) is 11.3 Å². The first-order chi connectivity index (χ1) is 10.7. The van der Waals surface area contributed by atoms with Gasteiger partial charge >= 0.3 is 0 Å². The van der Waals surface area contributed by atoms with Gasteiger partial charge in [-0.3, -0.25) is 4.79 Å². The van der Waals surface area contributed by atoms with Crippen LogP contribution in [0.1, 0.15) is 11.6 Å². The summed E-state index contributed by atoms with van der Waals surface area (Å²) in [4.78, 5) is 14.1. The summed E-state index contributed by atoms with van der Waals surface area (Å²) in [5.74, 6) is 1.40. The maximum Gasteiger partial charge on any atom is 0.227 e. The lowest BCUT2D eigenvalue weighted by Crippen LogP contribution is -2.51. The number of rotatable bonds is 5. The third-order valence-corrected chi connectivity index (χ3v) is 3.83. The third-order valence-electron chi connectivity index (χ3n) is 3.83. The molecule has 1 aliphatic rings. The molecular weight excluding hydrogens is 284 g/mol. The quantitative estimate of drug-likeness (QED) is 0.821. The molecule has 1 amide bonds. The van der Waals surface area contributed by atoms with Crippen molar-refractivity contribution in [3.8, 4) is 11.5 Å². The average Bonchev–Trinajstić information content (AvgIpc) is 2.99. The highest BCUT2D eigenvalue weighted by Gasteiger charge is 2.32. The van der Waals surface area contributed by atoms with E-state index in [1.54, 1.807) is 25.1 Å². The number of benzene rings is 1. The second kappa shape index (κ2) is 6.05. The zero-order chi connectivity index (χ0) is 15.5.